The third-order valence-electron chi connectivity index (χ3n) is 4.13. The highest BCUT2D eigenvalue weighted by Gasteiger charge is 2.17. The van der Waals surface area contributed by atoms with Gasteiger partial charge in [-0.15, -0.1) is 0 Å². The molecule has 6 heteroatoms. The second-order valence-electron chi connectivity index (χ2n) is 5.61. The molecule has 120 valence electrons. The minimum absolute atomic E-state index is 0.264. The first-order valence-corrected chi connectivity index (χ1v) is 7.44. The van der Waals surface area contributed by atoms with Crippen molar-refractivity contribution in [3.05, 3.63) is 54.2 Å². The van der Waals surface area contributed by atoms with Crippen LogP contribution in [0.1, 0.15) is 10.4 Å². The van der Waals surface area contributed by atoms with Gasteiger partial charge in [-0.05, 0) is 42.5 Å². The zero-order valence-electron chi connectivity index (χ0n) is 13.2. The number of ether oxygens (including phenoxy) is 1. The van der Waals surface area contributed by atoms with Gasteiger partial charge in [-0.25, -0.2) is 4.79 Å². The quantitative estimate of drug-likeness (QED) is 0.629. The second-order valence-corrected chi connectivity index (χ2v) is 5.61. The largest absolute Gasteiger partial charge is 0.497 e. The Kier molecular flexibility index (Phi) is 3.06. The third-order valence-corrected chi connectivity index (χ3v) is 4.13. The Morgan fingerprint density at radius 2 is 1.88 bits per heavy atom. The molecule has 0 aliphatic heterocycles. The Hall–Kier alpha value is -3.28. The molecule has 2 aromatic carbocycles. The Bertz CT molecular complexity index is 1070. The number of carboxylic acids is 1. The first-order chi connectivity index (χ1) is 11.6. The van der Waals surface area contributed by atoms with Gasteiger partial charge in [-0.3, -0.25) is 9.25 Å². The molecule has 6 nitrogen and oxygen atoms in total. The molecule has 0 saturated carbocycles. The summed E-state index contributed by atoms with van der Waals surface area (Å²) in [5.41, 5.74) is 2.92. The van der Waals surface area contributed by atoms with Crippen LogP contribution in [-0.4, -0.2) is 32.5 Å². The molecule has 0 unspecified atom stereocenters. The Balaban J connectivity index is 2.06. The van der Waals surface area contributed by atoms with E-state index in [0.29, 0.717) is 0 Å². The van der Waals surface area contributed by atoms with Crippen molar-refractivity contribution in [3.8, 4) is 11.4 Å². The molecule has 0 atom stereocenters. The number of aryl methyl sites for hydroxylation is 1. The van der Waals surface area contributed by atoms with Gasteiger partial charge in [0, 0.05) is 29.7 Å². The molecule has 0 fully saturated rings. The predicted octanol–water partition coefficient (Wildman–Crippen LogP) is 3.22. The van der Waals surface area contributed by atoms with E-state index in [-0.39, 0.29) is 5.56 Å². The van der Waals surface area contributed by atoms with E-state index in [2.05, 4.69) is 5.10 Å². The van der Waals surface area contributed by atoms with Gasteiger partial charge in [0.1, 0.15) is 5.75 Å². The van der Waals surface area contributed by atoms with Crippen molar-refractivity contribution in [2.24, 2.45) is 7.05 Å². The molecule has 0 saturated heterocycles. The lowest BCUT2D eigenvalue weighted by Crippen LogP contribution is -1.98. The highest BCUT2D eigenvalue weighted by molar-refractivity contribution is 6.09. The lowest BCUT2D eigenvalue weighted by Gasteiger charge is -2.08. The van der Waals surface area contributed by atoms with Crippen LogP contribution in [0, 0.1) is 0 Å². The number of benzene rings is 2. The maximum Gasteiger partial charge on any atom is 0.335 e. The minimum atomic E-state index is -0.939. The van der Waals surface area contributed by atoms with Crippen LogP contribution in [0.2, 0.25) is 0 Å². The van der Waals surface area contributed by atoms with Crippen LogP contribution in [0.25, 0.3) is 27.6 Å². The monoisotopic (exact) mass is 321 g/mol. The van der Waals surface area contributed by atoms with Crippen LogP contribution < -0.4 is 4.74 Å². The second kappa shape index (κ2) is 5.13. The van der Waals surface area contributed by atoms with Gasteiger partial charge < -0.3 is 9.84 Å². The third kappa shape index (κ3) is 2.04. The molecule has 4 aromatic rings. The number of nitrogens with zero attached hydrogens (tertiary/aromatic N) is 3. The lowest BCUT2D eigenvalue weighted by molar-refractivity contribution is 0.0697. The number of hydrogen-bond donors (Lipinski definition) is 1. The summed E-state index contributed by atoms with van der Waals surface area (Å²) in [5, 5.41) is 15.6. The molecule has 4 rings (SSSR count). The maximum atomic E-state index is 11.3. The summed E-state index contributed by atoms with van der Waals surface area (Å²) in [6.45, 7) is 0. The van der Waals surface area contributed by atoms with Gasteiger partial charge in [-0.2, -0.15) is 5.10 Å². The fourth-order valence-corrected chi connectivity index (χ4v) is 3.02. The van der Waals surface area contributed by atoms with Crippen molar-refractivity contribution in [3.63, 3.8) is 0 Å². The summed E-state index contributed by atoms with van der Waals surface area (Å²) < 4.78 is 8.97. The first-order valence-electron chi connectivity index (χ1n) is 7.44. The fourth-order valence-electron chi connectivity index (χ4n) is 3.02. The normalized spacial score (nSPS) is 11.2. The average Bonchev–Trinajstić information content (AvgIpc) is 3.09. The topological polar surface area (TPSA) is 69.3 Å². The lowest BCUT2D eigenvalue weighted by atomic mass is 10.1. The minimum Gasteiger partial charge on any atom is -0.497 e. The van der Waals surface area contributed by atoms with Gasteiger partial charge >= 0.3 is 5.97 Å². The van der Waals surface area contributed by atoms with Crippen LogP contribution in [0.5, 0.6) is 5.75 Å². The number of hydrogen-bond acceptors (Lipinski definition) is 3. The Morgan fingerprint density at radius 3 is 2.54 bits per heavy atom. The summed E-state index contributed by atoms with van der Waals surface area (Å²) in [5.74, 6) is -0.160. The number of carboxylic acid groups (broad SMARTS) is 1. The van der Waals surface area contributed by atoms with Crippen LogP contribution in [0.3, 0.4) is 0 Å². The van der Waals surface area contributed by atoms with E-state index >= 15 is 0 Å². The van der Waals surface area contributed by atoms with Crippen LogP contribution in [-0.2, 0) is 7.05 Å². The number of fused-ring (bicyclic) bond motifs is 3. The van der Waals surface area contributed by atoms with Crippen LogP contribution in [0.15, 0.2) is 48.7 Å². The molecule has 0 aliphatic rings. The van der Waals surface area contributed by atoms with E-state index in [9.17, 15) is 9.90 Å². The Morgan fingerprint density at radius 1 is 1.12 bits per heavy atom. The molecule has 0 aliphatic carbocycles. The molecule has 1 N–H and O–H groups in total. The summed E-state index contributed by atoms with van der Waals surface area (Å²) in [6.07, 6.45) is 1.91. The van der Waals surface area contributed by atoms with Gasteiger partial charge in [0.25, 0.3) is 0 Å². The van der Waals surface area contributed by atoms with Crippen molar-refractivity contribution >= 4 is 27.9 Å². The summed E-state index contributed by atoms with van der Waals surface area (Å²) in [7, 11) is 3.48. The fraction of sp³-hybridized carbons (Fsp3) is 0.111. The SMILES string of the molecule is COc1ccc(-n2c3ccc(C(=O)O)cc3c3cn(C)nc32)cc1. The number of methoxy groups -OCH3 is 1. The van der Waals surface area contributed by atoms with Crippen LogP contribution >= 0.6 is 0 Å². The van der Waals surface area contributed by atoms with Gasteiger partial charge in [0.05, 0.1) is 18.2 Å². The van der Waals surface area contributed by atoms with Crippen molar-refractivity contribution in [2.75, 3.05) is 7.11 Å². The molecular formula is C18H15N3O3. The average molecular weight is 321 g/mol. The maximum absolute atomic E-state index is 11.3. The summed E-state index contributed by atoms with van der Waals surface area (Å²) >= 11 is 0. The highest BCUT2D eigenvalue weighted by Crippen LogP contribution is 2.32. The van der Waals surface area contributed by atoms with Crippen molar-refractivity contribution < 1.29 is 14.6 Å². The smallest absolute Gasteiger partial charge is 0.335 e. The number of aromatic carboxylic acids is 1. The highest BCUT2D eigenvalue weighted by atomic mass is 16.5. The molecule has 2 aromatic heterocycles. The van der Waals surface area contributed by atoms with E-state index in [1.807, 2.05) is 48.1 Å². The number of rotatable bonds is 3. The zero-order valence-corrected chi connectivity index (χ0v) is 13.2. The molecule has 0 amide bonds. The molecule has 0 radical (unpaired) electrons. The molecular weight excluding hydrogens is 306 g/mol. The summed E-state index contributed by atoms with van der Waals surface area (Å²) in [6, 6.07) is 12.8. The van der Waals surface area contributed by atoms with E-state index in [4.69, 9.17) is 4.74 Å². The van der Waals surface area contributed by atoms with Gasteiger partial charge in [-0.1, -0.05) is 0 Å². The standard InChI is InChI=1S/C18H15N3O3/c1-20-10-15-14-9-11(18(22)23)3-8-16(14)21(17(15)19-20)12-4-6-13(24-2)7-5-12/h3-10H,1-2H3,(H,22,23). The van der Waals surface area contributed by atoms with E-state index < -0.39 is 5.97 Å². The van der Waals surface area contributed by atoms with Crippen LogP contribution in [0.4, 0.5) is 0 Å². The zero-order chi connectivity index (χ0) is 16.8. The van der Waals surface area contributed by atoms with Gasteiger partial charge in [0.2, 0.25) is 0 Å². The van der Waals surface area contributed by atoms with Crippen molar-refractivity contribution in [1.29, 1.82) is 0 Å². The molecule has 0 spiro atoms. The molecule has 0 bridgehead atoms. The number of aromatic nitrogens is 3. The number of carbonyl (C=O) groups is 1. The van der Waals surface area contributed by atoms with Crippen molar-refractivity contribution in [2.45, 2.75) is 0 Å². The van der Waals surface area contributed by atoms with Gasteiger partial charge in [0.15, 0.2) is 5.65 Å². The molecule has 2 heterocycles. The Labute approximate surface area is 137 Å². The predicted molar refractivity (Wildman–Crippen MR) is 91.1 cm³/mol. The molecule has 24 heavy (non-hydrogen) atoms. The van der Waals surface area contributed by atoms with Crippen molar-refractivity contribution in [1.82, 2.24) is 14.3 Å². The summed E-state index contributed by atoms with van der Waals surface area (Å²) in [4.78, 5) is 11.3. The van der Waals surface area contributed by atoms with E-state index in [1.165, 1.54) is 0 Å². The van der Waals surface area contributed by atoms with E-state index in [0.717, 1.165) is 33.4 Å². The van der Waals surface area contributed by atoms with E-state index in [1.54, 1.807) is 23.9 Å². The first kappa shape index (κ1) is 14.3.